The monoisotopic (exact) mass is 236 g/mol. The summed E-state index contributed by atoms with van der Waals surface area (Å²) in [4.78, 5) is 0. The van der Waals surface area contributed by atoms with E-state index in [0.717, 1.165) is 17.8 Å². The highest BCUT2D eigenvalue weighted by atomic mass is 16.3. The molecule has 3 rings (SSSR count). The van der Waals surface area contributed by atoms with E-state index in [9.17, 15) is 5.11 Å². The van der Waals surface area contributed by atoms with Crippen LogP contribution in [0.4, 0.5) is 0 Å². The van der Waals surface area contributed by atoms with Crippen molar-refractivity contribution >= 4 is 0 Å². The molecule has 0 bridgehead atoms. The third kappa shape index (κ3) is 2.28. The zero-order valence-electron chi connectivity index (χ0n) is 11.3. The fourth-order valence-electron chi connectivity index (χ4n) is 4.81. The van der Waals surface area contributed by atoms with E-state index in [2.05, 4.69) is 6.92 Å². The Balaban J connectivity index is 1.52. The van der Waals surface area contributed by atoms with Crippen molar-refractivity contribution in [1.82, 2.24) is 0 Å². The second-order valence-electron chi connectivity index (χ2n) is 6.87. The molecule has 0 aromatic rings. The molecule has 17 heavy (non-hydrogen) atoms. The normalized spacial score (nSPS) is 47.3. The molecule has 0 aliphatic heterocycles. The molecule has 1 nitrogen and oxygen atoms in total. The van der Waals surface area contributed by atoms with Crippen LogP contribution in [0.25, 0.3) is 0 Å². The molecule has 98 valence electrons. The molecule has 0 saturated heterocycles. The quantitative estimate of drug-likeness (QED) is 0.785. The summed E-state index contributed by atoms with van der Waals surface area (Å²) in [6, 6.07) is 0. The van der Waals surface area contributed by atoms with Gasteiger partial charge in [-0.3, -0.25) is 0 Å². The maximum atomic E-state index is 10.6. The van der Waals surface area contributed by atoms with Crippen molar-refractivity contribution in [3.8, 4) is 0 Å². The van der Waals surface area contributed by atoms with Crippen molar-refractivity contribution in [1.29, 1.82) is 0 Å². The molecule has 3 fully saturated rings. The Labute approximate surface area is 106 Å². The number of aliphatic hydroxyl groups is 1. The lowest BCUT2D eigenvalue weighted by molar-refractivity contribution is 0.0484. The van der Waals surface area contributed by atoms with Gasteiger partial charge in [0, 0.05) is 0 Å². The molecule has 0 radical (unpaired) electrons. The first kappa shape index (κ1) is 12.0. The molecule has 3 aliphatic carbocycles. The van der Waals surface area contributed by atoms with E-state index in [1.807, 2.05) is 0 Å². The van der Waals surface area contributed by atoms with Gasteiger partial charge in [-0.1, -0.05) is 39.0 Å². The van der Waals surface area contributed by atoms with Crippen molar-refractivity contribution in [2.24, 2.45) is 29.6 Å². The van der Waals surface area contributed by atoms with Gasteiger partial charge in [0.25, 0.3) is 0 Å². The van der Waals surface area contributed by atoms with E-state index in [0.29, 0.717) is 11.8 Å². The van der Waals surface area contributed by atoms with Gasteiger partial charge in [0.05, 0.1) is 6.10 Å². The average Bonchev–Trinajstić information content (AvgIpc) is 3.12. The van der Waals surface area contributed by atoms with Crippen LogP contribution < -0.4 is 0 Å². The summed E-state index contributed by atoms with van der Waals surface area (Å²) in [7, 11) is 0. The number of fused-ring (bicyclic) bond motifs is 1. The van der Waals surface area contributed by atoms with Gasteiger partial charge in [-0.15, -0.1) is 0 Å². The van der Waals surface area contributed by atoms with Crippen molar-refractivity contribution in [2.75, 3.05) is 0 Å². The Hall–Kier alpha value is -0.0400. The predicted molar refractivity (Wildman–Crippen MR) is 70.7 cm³/mol. The van der Waals surface area contributed by atoms with Crippen LogP contribution in [0.3, 0.4) is 0 Å². The van der Waals surface area contributed by atoms with Gasteiger partial charge in [-0.2, -0.15) is 0 Å². The van der Waals surface area contributed by atoms with Crippen molar-refractivity contribution in [3.05, 3.63) is 0 Å². The summed E-state index contributed by atoms with van der Waals surface area (Å²) in [6.07, 6.45) is 12.4. The van der Waals surface area contributed by atoms with Crippen LogP contribution in [0, 0.1) is 29.6 Å². The molecular formula is C16H28O. The van der Waals surface area contributed by atoms with Gasteiger partial charge in [-0.25, -0.2) is 0 Å². The van der Waals surface area contributed by atoms with Gasteiger partial charge in [0.15, 0.2) is 0 Å². The molecule has 0 heterocycles. The van der Waals surface area contributed by atoms with Crippen LogP contribution in [0.2, 0.25) is 0 Å². The summed E-state index contributed by atoms with van der Waals surface area (Å²) < 4.78 is 0. The van der Waals surface area contributed by atoms with Gasteiger partial charge in [0.2, 0.25) is 0 Å². The van der Waals surface area contributed by atoms with E-state index in [1.54, 1.807) is 0 Å². The molecule has 3 aliphatic rings. The van der Waals surface area contributed by atoms with Crippen LogP contribution in [-0.4, -0.2) is 11.2 Å². The highest BCUT2D eigenvalue weighted by molar-refractivity contribution is 5.04. The largest absolute Gasteiger partial charge is 0.393 e. The van der Waals surface area contributed by atoms with E-state index >= 15 is 0 Å². The summed E-state index contributed by atoms with van der Waals surface area (Å²) in [5.41, 5.74) is 0. The van der Waals surface area contributed by atoms with Crippen LogP contribution in [0.15, 0.2) is 0 Å². The molecule has 0 amide bonds. The Morgan fingerprint density at radius 1 is 0.941 bits per heavy atom. The maximum absolute atomic E-state index is 10.6. The Morgan fingerprint density at radius 3 is 2.06 bits per heavy atom. The average molecular weight is 236 g/mol. The fraction of sp³-hybridized carbons (Fsp3) is 1.00. The zero-order valence-corrected chi connectivity index (χ0v) is 11.3. The lowest BCUT2D eigenvalue weighted by atomic mass is 9.77. The highest BCUT2D eigenvalue weighted by Gasteiger charge is 2.55. The first-order valence-corrected chi connectivity index (χ1v) is 7.99. The minimum atomic E-state index is 0.0564. The maximum Gasteiger partial charge on any atom is 0.0602 e. The highest BCUT2D eigenvalue weighted by Crippen LogP contribution is 2.58. The summed E-state index contributed by atoms with van der Waals surface area (Å²) in [5, 5.41) is 10.6. The van der Waals surface area contributed by atoms with E-state index in [-0.39, 0.29) is 6.10 Å². The van der Waals surface area contributed by atoms with Gasteiger partial charge in [-0.05, 0) is 55.3 Å². The summed E-state index contributed by atoms with van der Waals surface area (Å²) in [5.74, 6) is 4.15. The van der Waals surface area contributed by atoms with E-state index in [1.165, 1.54) is 57.8 Å². The molecule has 1 N–H and O–H groups in total. The smallest absolute Gasteiger partial charge is 0.0602 e. The number of hydrogen-bond acceptors (Lipinski definition) is 1. The second kappa shape index (κ2) is 4.91. The van der Waals surface area contributed by atoms with Gasteiger partial charge < -0.3 is 5.11 Å². The van der Waals surface area contributed by atoms with Crippen LogP contribution in [0.1, 0.15) is 64.7 Å². The molecule has 3 saturated carbocycles. The summed E-state index contributed by atoms with van der Waals surface area (Å²) >= 11 is 0. The standard InChI is InChI=1S/C16H28O/c1-2-11-7-9-12(10-8-11)16(17)15-13-5-3-4-6-14(13)15/h11-17H,2-10H2,1H3. The minimum Gasteiger partial charge on any atom is -0.393 e. The van der Waals surface area contributed by atoms with Gasteiger partial charge >= 0.3 is 0 Å². The van der Waals surface area contributed by atoms with Gasteiger partial charge in [0.1, 0.15) is 0 Å². The molecule has 0 aromatic heterocycles. The van der Waals surface area contributed by atoms with Crippen LogP contribution in [0.5, 0.6) is 0 Å². The Kier molecular flexibility index (Phi) is 3.47. The van der Waals surface area contributed by atoms with Crippen molar-refractivity contribution in [3.63, 3.8) is 0 Å². The second-order valence-corrected chi connectivity index (χ2v) is 6.87. The predicted octanol–water partition coefficient (Wildman–Crippen LogP) is 4.00. The lowest BCUT2D eigenvalue weighted by Crippen LogP contribution is -2.28. The lowest BCUT2D eigenvalue weighted by Gasteiger charge is -2.31. The number of hydrogen-bond donors (Lipinski definition) is 1. The molecular weight excluding hydrogens is 208 g/mol. The SMILES string of the molecule is CCC1CCC(C(O)C2C3CCCCC32)CC1. The molecule has 3 unspecified atom stereocenters. The zero-order chi connectivity index (χ0) is 11.8. The topological polar surface area (TPSA) is 20.2 Å². The summed E-state index contributed by atoms with van der Waals surface area (Å²) in [6.45, 7) is 2.32. The number of aliphatic hydroxyl groups excluding tert-OH is 1. The molecule has 3 atom stereocenters. The van der Waals surface area contributed by atoms with E-state index in [4.69, 9.17) is 0 Å². The van der Waals surface area contributed by atoms with Crippen LogP contribution in [-0.2, 0) is 0 Å². The minimum absolute atomic E-state index is 0.0564. The molecule has 0 spiro atoms. The van der Waals surface area contributed by atoms with E-state index < -0.39 is 0 Å². The van der Waals surface area contributed by atoms with Crippen LogP contribution >= 0.6 is 0 Å². The first-order chi connectivity index (χ1) is 8.31. The van der Waals surface area contributed by atoms with Crippen molar-refractivity contribution < 1.29 is 5.11 Å². The Morgan fingerprint density at radius 2 is 1.53 bits per heavy atom. The fourth-order valence-corrected chi connectivity index (χ4v) is 4.81. The third-order valence-corrected chi connectivity index (χ3v) is 6.07. The first-order valence-electron chi connectivity index (χ1n) is 7.99. The number of rotatable bonds is 3. The third-order valence-electron chi connectivity index (χ3n) is 6.07. The molecule has 0 aromatic carbocycles. The molecule has 1 heteroatoms. The van der Waals surface area contributed by atoms with Crippen molar-refractivity contribution in [2.45, 2.75) is 70.8 Å². The Bertz CT molecular complexity index is 242.